The number of benzene rings is 1. The Bertz CT molecular complexity index is 680. The molecule has 0 unspecified atom stereocenters. The highest BCUT2D eigenvalue weighted by atomic mass is 32.2. The van der Waals surface area contributed by atoms with Crippen LogP contribution in [-0.4, -0.2) is 20.6 Å². The molecule has 1 heterocycles. The van der Waals surface area contributed by atoms with Crippen LogP contribution in [0.25, 0.3) is 0 Å². The lowest BCUT2D eigenvalue weighted by atomic mass is 10.2. The van der Waals surface area contributed by atoms with Crippen LogP contribution in [0.1, 0.15) is 17.0 Å². The molecule has 2 aromatic rings. The van der Waals surface area contributed by atoms with Crippen molar-refractivity contribution in [3.63, 3.8) is 0 Å². The van der Waals surface area contributed by atoms with Gasteiger partial charge >= 0.3 is 0 Å². The number of aromatic nitrogens is 1. The molecule has 2 N–H and O–H groups in total. The van der Waals surface area contributed by atoms with Gasteiger partial charge in [0, 0.05) is 12.6 Å². The molecule has 0 fully saturated rings. The first-order chi connectivity index (χ1) is 9.51. The van der Waals surface area contributed by atoms with Gasteiger partial charge in [-0.1, -0.05) is 17.3 Å². The van der Waals surface area contributed by atoms with Gasteiger partial charge in [-0.25, -0.2) is 13.1 Å². The highest BCUT2D eigenvalue weighted by Crippen LogP contribution is 2.12. The molecule has 20 heavy (non-hydrogen) atoms. The molecule has 0 aliphatic rings. The Morgan fingerprint density at radius 1 is 1.25 bits per heavy atom. The number of sulfonamides is 1. The van der Waals surface area contributed by atoms with Crippen molar-refractivity contribution in [1.82, 2.24) is 15.2 Å². The Kier molecular flexibility index (Phi) is 4.53. The van der Waals surface area contributed by atoms with Crippen molar-refractivity contribution in [2.45, 2.75) is 24.9 Å². The van der Waals surface area contributed by atoms with Crippen LogP contribution in [0, 0.1) is 6.92 Å². The van der Waals surface area contributed by atoms with Crippen LogP contribution in [0.15, 0.2) is 39.8 Å². The second kappa shape index (κ2) is 6.17. The predicted molar refractivity (Wildman–Crippen MR) is 74.5 cm³/mol. The largest absolute Gasteiger partial charge is 0.361 e. The normalized spacial score (nSPS) is 11.7. The van der Waals surface area contributed by atoms with E-state index in [1.54, 1.807) is 31.2 Å². The van der Waals surface area contributed by atoms with E-state index in [1.807, 2.05) is 13.1 Å². The van der Waals surface area contributed by atoms with Gasteiger partial charge in [0.1, 0.15) is 5.76 Å². The van der Waals surface area contributed by atoms with E-state index in [0.717, 1.165) is 5.56 Å². The van der Waals surface area contributed by atoms with Crippen molar-refractivity contribution in [3.8, 4) is 0 Å². The second-order valence-corrected chi connectivity index (χ2v) is 6.20. The predicted octanol–water partition coefficient (Wildman–Crippen LogP) is 1.18. The van der Waals surface area contributed by atoms with Crippen molar-refractivity contribution < 1.29 is 12.9 Å². The standard InChI is InChI=1S/C13H17N3O3S/c1-10-6-12(16-19-10)9-15-20(17,18)13-5-3-4-11(7-13)8-14-2/h3-7,14-15H,8-9H2,1-2H3. The first kappa shape index (κ1) is 14.7. The van der Waals surface area contributed by atoms with Crippen LogP contribution >= 0.6 is 0 Å². The molecule has 0 saturated carbocycles. The molecule has 0 aliphatic carbocycles. The van der Waals surface area contributed by atoms with Crippen molar-refractivity contribution >= 4 is 10.0 Å². The minimum atomic E-state index is -3.55. The highest BCUT2D eigenvalue weighted by molar-refractivity contribution is 7.89. The summed E-state index contributed by atoms with van der Waals surface area (Å²) in [6.45, 7) is 2.48. The molecule has 1 aromatic heterocycles. The summed E-state index contributed by atoms with van der Waals surface area (Å²) in [5.41, 5.74) is 1.46. The van der Waals surface area contributed by atoms with Gasteiger partial charge < -0.3 is 9.84 Å². The lowest BCUT2D eigenvalue weighted by Gasteiger charge is -2.07. The minimum absolute atomic E-state index is 0.107. The number of hydrogen-bond donors (Lipinski definition) is 2. The average Bonchev–Trinajstić information content (AvgIpc) is 2.83. The van der Waals surface area contributed by atoms with Crippen LogP contribution in [-0.2, 0) is 23.1 Å². The molecule has 0 saturated heterocycles. The zero-order valence-corrected chi connectivity index (χ0v) is 12.2. The summed E-state index contributed by atoms with van der Waals surface area (Å²) < 4.78 is 31.8. The van der Waals surface area contributed by atoms with Gasteiger partial charge in [0.15, 0.2) is 0 Å². The number of hydrogen-bond acceptors (Lipinski definition) is 5. The SMILES string of the molecule is CNCc1cccc(S(=O)(=O)NCc2cc(C)on2)c1. The summed E-state index contributed by atoms with van der Waals surface area (Å²) in [4.78, 5) is 0.241. The first-order valence-electron chi connectivity index (χ1n) is 6.16. The maximum Gasteiger partial charge on any atom is 0.240 e. The Balaban J connectivity index is 2.11. The van der Waals surface area contributed by atoms with Gasteiger partial charge in [-0.15, -0.1) is 0 Å². The quantitative estimate of drug-likeness (QED) is 0.836. The molecule has 7 heteroatoms. The van der Waals surface area contributed by atoms with E-state index in [1.165, 1.54) is 0 Å². The Morgan fingerprint density at radius 2 is 2.05 bits per heavy atom. The van der Waals surface area contributed by atoms with Gasteiger partial charge in [-0.2, -0.15) is 0 Å². The van der Waals surface area contributed by atoms with E-state index in [2.05, 4.69) is 15.2 Å². The summed E-state index contributed by atoms with van der Waals surface area (Å²) >= 11 is 0. The van der Waals surface area contributed by atoms with E-state index < -0.39 is 10.0 Å². The van der Waals surface area contributed by atoms with Gasteiger partial charge in [-0.05, 0) is 31.7 Å². The highest BCUT2D eigenvalue weighted by Gasteiger charge is 2.15. The summed E-state index contributed by atoms with van der Waals surface area (Å²) in [5.74, 6) is 0.648. The molecule has 0 amide bonds. The Hall–Kier alpha value is -1.70. The van der Waals surface area contributed by atoms with E-state index in [9.17, 15) is 8.42 Å². The van der Waals surface area contributed by atoms with Crippen LogP contribution in [0.2, 0.25) is 0 Å². The third kappa shape index (κ3) is 3.66. The maximum atomic E-state index is 12.2. The van der Waals surface area contributed by atoms with Crippen molar-refractivity contribution in [3.05, 3.63) is 47.3 Å². The minimum Gasteiger partial charge on any atom is -0.361 e. The number of nitrogens with zero attached hydrogens (tertiary/aromatic N) is 1. The number of rotatable bonds is 6. The zero-order valence-electron chi connectivity index (χ0n) is 11.4. The van der Waals surface area contributed by atoms with Crippen LogP contribution < -0.4 is 10.0 Å². The van der Waals surface area contributed by atoms with E-state index >= 15 is 0 Å². The van der Waals surface area contributed by atoms with Crippen molar-refractivity contribution in [2.24, 2.45) is 0 Å². The van der Waals surface area contributed by atoms with Gasteiger partial charge in [0.25, 0.3) is 0 Å². The zero-order chi connectivity index (χ0) is 14.6. The van der Waals surface area contributed by atoms with Crippen molar-refractivity contribution in [1.29, 1.82) is 0 Å². The molecule has 0 radical (unpaired) electrons. The molecule has 2 rings (SSSR count). The van der Waals surface area contributed by atoms with Crippen molar-refractivity contribution in [2.75, 3.05) is 7.05 Å². The topological polar surface area (TPSA) is 84.2 Å². The molecule has 0 spiro atoms. The Labute approximate surface area is 118 Å². The molecular formula is C13H17N3O3S. The Morgan fingerprint density at radius 3 is 2.70 bits per heavy atom. The van der Waals surface area contributed by atoms with E-state index in [0.29, 0.717) is 18.0 Å². The summed E-state index contributed by atoms with van der Waals surface area (Å²) in [6, 6.07) is 8.50. The fourth-order valence-electron chi connectivity index (χ4n) is 1.78. The van der Waals surface area contributed by atoms with Gasteiger partial charge in [-0.3, -0.25) is 0 Å². The van der Waals surface area contributed by atoms with Gasteiger partial charge in [0.05, 0.1) is 17.1 Å². The molecule has 0 bridgehead atoms. The monoisotopic (exact) mass is 295 g/mol. The van der Waals surface area contributed by atoms with E-state index in [4.69, 9.17) is 4.52 Å². The molecule has 0 atom stereocenters. The lowest BCUT2D eigenvalue weighted by molar-refractivity contribution is 0.390. The number of nitrogens with one attached hydrogen (secondary N) is 2. The maximum absolute atomic E-state index is 12.2. The molecule has 108 valence electrons. The fraction of sp³-hybridized carbons (Fsp3) is 0.308. The fourth-order valence-corrected chi connectivity index (χ4v) is 2.85. The van der Waals surface area contributed by atoms with Crippen LogP contribution in [0.3, 0.4) is 0 Å². The summed E-state index contributed by atoms with van der Waals surface area (Å²) in [6.07, 6.45) is 0. The van der Waals surface area contributed by atoms with E-state index in [-0.39, 0.29) is 11.4 Å². The molecule has 1 aromatic carbocycles. The third-order valence-electron chi connectivity index (χ3n) is 2.71. The lowest BCUT2D eigenvalue weighted by Crippen LogP contribution is -2.23. The molecule has 6 nitrogen and oxygen atoms in total. The van der Waals surface area contributed by atoms with Crippen LogP contribution in [0.4, 0.5) is 0 Å². The molecule has 0 aliphatic heterocycles. The van der Waals surface area contributed by atoms with Crippen LogP contribution in [0.5, 0.6) is 0 Å². The first-order valence-corrected chi connectivity index (χ1v) is 7.65. The average molecular weight is 295 g/mol. The smallest absolute Gasteiger partial charge is 0.240 e. The number of aryl methyl sites for hydroxylation is 1. The van der Waals surface area contributed by atoms with Gasteiger partial charge in [0.2, 0.25) is 10.0 Å². The summed E-state index contributed by atoms with van der Waals surface area (Å²) in [5, 5.41) is 6.73. The summed E-state index contributed by atoms with van der Waals surface area (Å²) in [7, 11) is -1.74. The second-order valence-electron chi connectivity index (χ2n) is 4.43. The molecular weight excluding hydrogens is 278 g/mol. The third-order valence-corrected chi connectivity index (χ3v) is 4.11.